The van der Waals surface area contributed by atoms with Crippen LogP contribution in [0.4, 0.5) is 9.59 Å². The van der Waals surface area contributed by atoms with Crippen LogP contribution in [-0.4, -0.2) is 73.6 Å². The van der Waals surface area contributed by atoms with E-state index >= 15 is 0 Å². The van der Waals surface area contributed by atoms with Gasteiger partial charge in [-0.15, -0.1) is 0 Å². The predicted molar refractivity (Wildman–Crippen MR) is 99.6 cm³/mol. The van der Waals surface area contributed by atoms with Crippen LogP contribution in [0.25, 0.3) is 0 Å². The lowest BCUT2D eigenvalue weighted by molar-refractivity contribution is 0.128. The molecule has 1 atom stereocenters. The molecular formula is C19H30N4O2. The predicted octanol–water partition coefficient (Wildman–Crippen LogP) is 2.44. The molecule has 0 saturated carbocycles. The molecule has 0 spiro atoms. The van der Waals surface area contributed by atoms with Gasteiger partial charge in [-0.3, -0.25) is 0 Å². The van der Waals surface area contributed by atoms with Crippen molar-refractivity contribution in [2.45, 2.75) is 19.8 Å². The first-order valence-electron chi connectivity index (χ1n) is 8.94. The number of piperazine rings is 1. The van der Waals surface area contributed by atoms with Crippen LogP contribution in [0, 0.1) is 5.92 Å². The molecule has 1 aromatic carbocycles. The fourth-order valence-electron chi connectivity index (χ4n) is 3.13. The maximum atomic E-state index is 12.5. The van der Waals surface area contributed by atoms with Gasteiger partial charge < -0.3 is 20.0 Å². The van der Waals surface area contributed by atoms with Gasteiger partial charge in [-0.2, -0.15) is 0 Å². The Morgan fingerprint density at radius 3 is 2.12 bits per heavy atom. The average Bonchev–Trinajstić information content (AvgIpc) is 2.61. The largest absolute Gasteiger partial charge is 0.337 e. The Bertz CT molecular complexity index is 566. The van der Waals surface area contributed by atoms with E-state index in [9.17, 15) is 9.59 Å². The Labute approximate surface area is 150 Å². The third-order valence-electron chi connectivity index (χ3n) is 4.73. The van der Waals surface area contributed by atoms with Crippen LogP contribution in [0.15, 0.2) is 30.3 Å². The molecular weight excluding hydrogens is 316 g/mol. The molecule has 1 heterocycles. The normalized spacial score (nSPS) is 15.9. The quantitative estimate of drug-likeness (QED) is 0.910. The van der Waals surface area contributed by atoms with Crippen molar-refractivity contribution in [1.82, 2.24) is 20.0 Å². The van der Waals surface area contributed by atoms with Gasteiger partial charge in [0.1, 0.15) is 0 Å². The summed E-state index contributed by atoms with van der Waals surface area (Å²) in [7, 11) is 3.49. The Morgan fingerprint density at radius 1 is 1.04 bits per heavy atom. The van der Waals surface area contributed by atoms with Crippen LogP contribution in [0.2, 0.25) is 0 Å². The van der Waals surface area contributed by atoms with Crippen molar-refractivity contribution in [3.8, 4) is 0 Å². The first-order chi connectivity index (χ1) is 11.9. The van der Waals surface area contributed by atoms with Gasteiger partial charge in [0.05, 0.1) is 0 Å². The molecule has 1 fully saturated rings. The minimum Gasteiger partial charge on any atom is -0.337 e. The zero-order valence-corrected chi connectivity index (χ0v) is 15.7. The number of nitrogens with zero attached hydrogens (tertiary/aromatic N) is 3. The third-order valence-corrected chi connectivity index (χ3v) is 4.73. The molecule has 0 aliphatic carbocycles. The van der Waals surface area contributed by atoms with Crippen molar-refractivity contribution in [3.63, 3.8) is 0 Å². The summed E-state index contributed by atoms with van der Waals surface area (Å²) < 4.78 is 0. The van der Waals surface area contributed by atoms with E-state index in [-0.39, 0.29) is 12.1 Å². The lowest BCUT2D eigenvalue weighted by Crippen LogP contribution is -2.55. The van der Waals surface area contributed by atoms with Crippen molar-refractivity contribution in [1.29, 1.82) is 0 Å². The van der Waals surface area contributed by atoms with Crippen LogP contribution in [0.5, 0.6) is 0 Å². The van der Waals surface area contributed by atoms with Gasteiger partial charge in [0.15, 0.2) is 0 Å². The molecule has 1 aliphatic rings. The van der Waals surface area contributed by atoms with Crippen LogP contribution < -0.4 is 5.32 Å². The number of nitrogens with one attached hydrogen (secondary N) is 1. The summed E-state index contributed by atoms with van der Waals surface area (Å²) in [5, 5.41) is 3.07. The number of rotatable bonds is 4. The molecule has 2 rings (SSSR count). The highest BCUT2D eigenvalue weighted by molar-refractivity contribution is 5.76. The zero-order valence-electron chi connectivity index (χ0n) is 15.7. The van der Waals surface area contributed by atoms with Crippen LogP contribution in [-0.2, 0) is 0 Å². The number of hydrogen-bond donors (Lipinski definition) is 1. The van der Waals surface area contributed by atoms with Gasteiger partial charge in [-0.05, 0) is 11.5 Å². The summed E-state index contributed by atoms with van der Waals surface area (Å²) in [5.74, 6) is 0.735. The summed E-state index contributed by atoms with van der Waals surface area (Å²) in [6.45, 7) is 7.28. The second-order valence-corrected chi connectivity index (χ2v) is 7.10. The summed E-state index contributed by atoms with van der Waals surface area (Å²) >= 11 is 0. The first-order valence-corrected chi connectivity index (χ1v) is 8.94. The minimum atomic E-state index is -0.0430. The molecule has 1 N–H and O–H groups in total. The van der Waals surface area contributed by atoms with E-state index in [2.05, 4.69) is 31.3 Å². The Morgan fingerprint density at radius 2 is 1.60 bits per heavy atom. The molecule has 6 nitrogen and oxygen atoms in total. The van der Waals surface area contributed by atoms with E-state index in [1.54, 1.807) is 28.8 Å². The molecule has 1 aromatic rings. The fourth-order valence-corrected chi connectivity index (χ4v) is 3.13. The zero-order chi connectivity index (χ0) is 18.4. The molecule has 1 saturated heterocycles. The Kier molecular flexibility index (Phi) is 6.67. The van der Waals surface area contributed by atoms with Gasteiger partial charge in [0.25, 0.3) is 0 Å². The van der Waals surface area contributed by atoms with Gasteiger partial charge in [-0.25, -0.2) is 9.59 Å². The lowest BCUT2D eigenvalue weighted by Gasteiger charge is -2.36. The topological polar surface area (TPSA) is 55.9 Å². The SMILES string of the molecule is CC(C)C(CNC(=O)N1CCN(C(=O)N(C)C)CC1)c1ccccc1. The number of hydrogen-bond acceptors (Lipinski definition) is 2. The number of carbonyl (C=O) groups excluding carboxylic acids is 2. The van der Waals surface area contributed by atoms with Crippen molar-refractivity contribution in [3.05, 3.63) is 35.9 Å². The Hall–Kier alpha value is -2.24. The average molecular weight is 346 g/mol. The first kappa shape index (κ1) is 19.1. The highest BCUT2D eigenvalue weighted by Gasteiger charge is 2.25. The van der Waals surface area contributed by atoms with Gasteiger partial charge in [0, 0.05) is 52.7 Å². The van der Waals surface area contributed by atoms with Gasteiger partial charge in [-0.1, -0.05) is 44.2 Å². The molecule has 4 amide bonds. The molecule has 138 valence electrons. The maximum Gasteiger partial charge on any atom is 0.319 e. The number of benzene rings is 1. The minimum absolute atomic E-state index is 0.00371. The van der Waals surface area contributed by atoms with E-state index < -0.39 is 0 Å². The van der Waals surface area contributed by atoms with Crippen molar-refractivity contribution < 1.29 is 9.59 Å². The summed E-state index contributed by atoms with van der Waals surface area (Å²) in [6, 6.07) is 10.3. The third kappa shape index (κ3) is 5.11. The monoisotopic (exact) mass is 346 g/mol. The fraction of sp³-hybridized carbons (Fsp3) is 0.579. The molecule has 0 bridgehead atoms. The van der Waals surface area contributed by atoms with Gasteiger partial charge in [0.2, 0.25) is 0 Å². The van der Waals surface area contributed by atoms with E-state index in [1.807, 2.05) is 18.2 Å². The van der Waals surface area contributed by atoms with Crippen molar-refractivity contribution >= 4 is 12.1 Å². The van der Waals surface area contributed by atoms with Crippen LogP contribution in [0.3, 0.4) is 0 Å². The van der Waals surface area contributed by atoms with Crippen LogP contribution >= 0.6 is 0 Å². The second kappa shape index (κ2) is 8.74. The number of amides is 4. The highest BCUT2D eigenvalue weighted by Crippen LogP contribution is 2.23. The second-order valence-electron chi connectivity index (χ2n) is 7.10. The lowest BCUT2D eigenvalue weighted by atomic mass is 9.88. The smallest absolute Gasteiger partial charge is 0.319 e. The van der Waals surface area contributed by atoms with E-state index in [4.69, 9.17) is 0 Å². The summed E-state index contributed by atoms with van der Waals surface area (Å²) in [5.41, 5.74) is 1.25. The van der Waals surface area contributed by atoms with E-state index in [0.717, 1.165) is 0 Å². The number of urea groups is 2. The number of carbonyl (C=O) groups is 2. The van der Waals surface area contributed by atoms with E-state index in [0.29, 0.717) is 44.6 Å². The summed E-state index contributed by atoms with van der Waals surface area (Å²) in [4.78, 5) is 29.6. The van der Waals surface area contributed by atoms with Crippen LogP contribution in [0.1, 0.15) is 25.3 Å². The summed E-state index contributed by atoms with van der Waals surface area (Å²) in [6.07, 6.45) is 0. The molecule has 1 unspecified atom stereocenters. The standard InChI is InChI=1S/C19H30N4O2/c1-15(2)17(16-8-6-5-7-9-16)14-20-18(24)22-10-12-23(13-11-22)19(25)21(3)4/h5-9,15,17H,10-14H2,1-4H3,(H,20,24). The molecule has 0 radical (unpaired) electrons. The molecule has 0 aromatic heterocycles. The highest BCUT2D eigenvalue weighted by atomic mass is 16.2. The molecule has 25 heavy (non-hydrogen) atoms. The Balaban J connectivity index is 1.85. The molecule has 6 heteroatoms. The van der Waals surface area contributed by atoms with Gasteiger partial charge >= 0.3 is 12.1 Å². The van der Waals surface area contributed by atoms with E-state index in [1.165, 1.54) is 5.56 Å². The van der Waals surface area contributed by atoms with Crippen molar-refractivity contribution in [2.75, 3.05) is 46.8 Å². The van der Waals surface area contributed by atoms with Crippen molar-refractivity contribution in [2.24, 2.45) is 5.92 Å². The molecule has 1 aliphatic heterocycles. The maximum absolute atomic E-state index is 12.5.